The van der Waals surface area contributed by atoms with Gasteiger partial charge in [-0.25, -0.2) is 19.0 Å². The van der Waals surface area contributed by atoms with Gasteiger partial charge in [-0.1, -0.05) is 12.1 Å². The average Bonchev–Trinajstić information content (AvgIpc) is 3.44. The van der Waals surface area contributed by atoms with E-state index in [4.69, 9.17) is 31.0 Å². The summed E-state index contributed by atoms with van der Waals surface area (Å²) in [5.41, 5.74) is 10.7. The van der Waals surface area contributed by atoms with Crippen molar-refractivity contribution < 1.29 is 4.74 Å². The van der Waals surface area contributed by atoms with Crippen molar-refractivity contribution in [2.45, 2.75) is 12.8 Å². The van der Waals surface area contributed by atoms with Crippen molar-refractivity contribution in [3.63, 3.8) is 0 Å². The Kier molecular flexibility index (Phi) is 7.89. The topological polar surface area (TPSA) is 137 Å². The number of aromatic nitrogens is 4. The third-order valence-corrected chi connectivity index (χ3v) is 6.38. The molecule has 0 saturated heterocycles. The summed E-state index contributed by atoms with van der Waals surface area (Å²) in [6.07, 6.45) is 7.01. The molecule has 40 heavy (non-hydrogen) atoms. The molecule has 0 spiro atoms. The van der Waals surface area contributed by atoms with Gasteiger partial charge in [0.1, 0.15) is 18.0 Å². The summed E-state index contributed by atoms with van der Waals surface area (Å²) in [7, 11) is 8.08. The van der Waals surface area contributed by atoms with Crippen LogP contribution in [-0.2, 0) is 6.42 Å². The summed E-state index contributed by atoms with van der Waals surface area (Å²) < 4.78 is 9.58. The van der Waals surface area contributed by atoms with Gasteiger partial charge in [-0.15, -0.1) is 5.10 Å². The number of nitrogens with two attached hydrogens (primary N) is 1. The van der Waals surface area contributed by atoms with Crippen LogP contribution in [0.3, 0.4) is 0 Å². The number of hydrogen-bond acceptors (Lipinski definition) is 9. The Morgan fingerprint density at radius 2 is 1.68 bits per heavy atom. The number of rotatable bonds is 10. The molecule has 1 aliphatic rings. The Hall–Kier alpha value is -4.55. The fraction of sp³-hybridized carbons (Fsp3) is 0.321. The maximum Gasteiger partial charge on any atom is 0.258 e. The molecule has 0 fully saturated rings. The minimum atomic E-state index is 0.136. The minimum Gasteiger partial charge on any atom is -0.474 e. The first-order chi connectivity index (χ1) is 19.3. The summed E-state index contributed by atoms with van der Waals surface area (Å²) in [4.78, 5) is 13.8. The molecule has 5 heterocycles. The number of fused-ring (bicyclic) bond motifs is 2. The van der Waals surface area contributed by atoms with Crippen LogP contribution < -0.4 is 15.8 Å². The van der Waals surface area contributed by atoms with E-state index >= 15 is 0 Å². The second-order valence-corrected chi connectivity index (χ2v) is 10.1. The molecule has 5 rings (SSSR count). The number of anilines is 1. The smallest absolute Gasteiger partial charge is 0.258 e. The lowest BCUT2D eigenvalue weighted by atomic mass is 10.1. The zero-order valence-electron chi connectivity index (χ0n) is 23.3. The van der Waals surface area contributed by atoms with Crippen LogP contribution in [0.15, 0.2) is 70.5 Å². The maximum atomic E-state index is 8.60. The van der Waals surface area contributed by atoms with Crippen LogP contribution in [0.5, 0.6) is 5.88 Å². The van der Waals surface area contributed by atoms with Gasteiger partial charge in [-0.05, 0) is 77.9 Å². The third kappa shape index (κ3) is 5.87. The number of aliphatic imine (C=N–C) groups is 2. The largest absolute Gasteiger partial charge is 0.474 e. The Balaban J connectivity index is 1.51. The fourth-order valence-corrected chi connectivity index (χ4v) is 4.34. The van der Waals surface area contributed by atoms with E-state index in [1.54, 1.807) is 10.6 Å². The van der Waals surface area contributed by atoms with Gasteiger partial charge in [0.2, 0.25) is 0 Å². The van der Waals surface area contributed by atoms with E-state index in [1.165, 1.54) is 0 Å². The average molecular weight is 542 g/mol. The molecule has 0 atom stereocenters. The van der Waals surface area contributed by atoms with Crippen LogP contribution in [0, 0.1) is 5.41 Å². The molecule has 12 heteroatoms. The molecular formula is C28H35N11O. The monoisotopic (exact) mass is 541 g/mol. The van der Waals surface area contributed by atoms with E-state index in [-0.39, 0.29) is 5.71 Å². The van der Waals surface area contributed by atoms with E-state index in [2.05, 4.69) is 29.4 Å². The molecule has 12 nitrogen and oxygen atoms in total. The van der Waals surface area contributed by atoms with Crippen LogP contribution in [0.4, 0.5) is 11.4 Å². The van der Waals surface area contributed by atoms with E-state index in [1.807, 2.05) is 72.3 Å². The van der Waals surface area contributed by atoms with Gasteiger partial charge in [-0.2, -0.15) is 5.10 Å². The first kappa shape index (κ1) is 27.0. The molecule has 0 saturated carbocycles. The number of nitrogens with one attached hydrogen (secondary N) is 2. The Bertz CT molecular complexity index is 1620. The molecule has 1 aliphatic heterocycles. The predicted molar refractivity (Wildman–Crippen MR) is 159 cm³/mol. The number of nitrogens with zero attached hydrogens (tertiary/aromatic N) is 8. The molecule has 0 radical (unpaired) electrons. The highest BCUT2D eigenvalue weighted by atomic mass is 16.5. The minimum absolute atomic E-state index is 0.136. The van der Waals surface area contributed by atoms with E-state index in [0.29, 0.717) is 35.5 Å². The summed E-state index contributed by atoms with van der Waals surface area (Å²) in [5, 5.41) is 21.2. The van der Waals surface area contributed by atoms with Crippen molar-refractivity contribution in [3.05, 3.63) is 66.3 Å². The van der Waals surface area contributed by atoms with Crippen molar-refractivity contribution in [2.24, 2.45) is 15.7 Å². The maximum absolute atomic E-state index is 8.60. The van der Waals surface area contributed by atoms with Crippen LogP contribution in [0.25, 0.3) is 11.0 Å². The van der Waals surface area contributed by atoms with Gasteiger partial charge in [-0.3, -0.25) is 5.41 Å². The number of likely N-dealkylation sites (N-methyl/N-ethyl adjacent to an activating group) is 1. The molecule has 0 bridgehead atoms. The molecule has 4 aromatic heterocycles. The molecule has 4 aromatic rings. The van der Waals surface area contributed by atoms with Crippen LogP contribution in [0.2, 0.25) is 0 Å². The third-order valence-electron chi connectivity index (χ3n) is 6.38. The van der Waals surface area contributed by atoms with Gasteiger partial charge < -0.3 is 25.6 Å². The van der Waals surface area contributed by atoms with Crippen LogP contribution in [-0.4, -0.2) is 94.3 Å². The SMILES string of the molecule is CN(C)CCCc1nn2ccccc2c1N=C1N=C(Nc2c(OCCN(C)C)nn3ccccc23)C(=N)C=C1N. The number of aryl methyl sites for hydroxylation is 1. The van der Waals surface area contributed by atoms with Crippen molar-refractivity contribution in [2.75, 3.05) is 53.2 Å². The Morgan fingerprint density at radius 3 is 2.40 bits per heavy atom. The number of hydrogen-bond donors (Lipinski definition) is 3. The number of ether oxygens (including phenoxy) is 1. The standard InChI is InChI=1S/C28H35N11O/c1-36(2)13-9-10-21-24(22-11-5-7-14-38(22)34-21)31-26-19(29)18-20(30)27(33-26)32-25-23-12-6-8-15-39(23)35-28(25)40-17-16-37(3)4/h5-8,11-12,14-15,18,30H,9-10,13,16-17,29H2,1-4H3,(H,31,32,33). The van der Waals surface area contributed by atoms with Crippen molar-refractivity contribution in [1.82, 2.24) is 29.0 Å². The molecule has 208 valence electrons. The van der Waals surface area contributed by atoms with Gasteiger partial charge in [0.25, 0.3) is 5.88 Å². The summed E-state index contributed by atoms with van der Waals surface area (Å²) in [5.74, 6) is 1.04. The number of amidine groups is 2. The molecular weight excluding hydrogens is 506 g/mol. The number of pyridine rings is 2. The lowest BCUT2D eigenvalue weighted by Crippen LogP contribution is -2.29. The second kappa shape index (κ2) is 11.7. The van der Waals surface area contributed by atoms with Crippen molar-refractivity contribution in [3.8, 4) is 5.88 Å². The molecule has 0 unspecified atom stereocenters. The van der Waals surface area contributed by atoms with Gasteiger partial charge in [0.15, 0.2) is 11.7 Å². The van der Waals surface area contributed by atoms with Gasteiger partial charge in [0, 0.05) is 18.9 Å². The quantitative estimate of drug-likeness (QED) is 0.281. The predicted octanol–water partition coefficient (Wildman–Crippen LogP) is 2.83. The number of dihydropyridines is 1. The zero-order chi connectivity index (χ0) is 28.2. The summed E-state index contributed by atoms with van der Waals surface area (Å²) in [6, 6.07) is 11.6. The normalized spacial score (nSPS) is 14.9. The van der Waals surface area contributed by atoms with E-state index < -0.39 is 0 Å². The lowest BCUT2D eigenvalue weighted by Gasteiger charge is -2.16. The molecule has 0 aliphatic carbocycles. The van der Waals surface area contributed by atoms with Crippen LogP contribution in [0.1, 0.15) is 12.1 Å². The molecule has 4 N–H and O–H groups in total. The summed E-state index contributed by atoms with van der Waals surface area (Å²) >= 11 is 0. The summed E-state index contributed by atoms with van der Waals surface area (Å²) in [6.45, 7) is 2.13. The molecule has 0 amide bonds. The first-order valence-electron chi connectivity index (χ1n) is 13.2. The van der Waals surface area contributed by atoms with Crippen molar-refractivity contribution >= 4 is 39.8 Å². The first-order valence-corrected chi connectivity index (χ1v) is 13.2. The lowest BCUT2D eigenvalue weighted by molar-refractivity contribution is 0.254. The Labute approximate surface area is 233 Å². The van der Waals surface area contributed by atoms with E-state index in [9.17, 15) is 0 Å². The highest BCUT2D eigenvalue weighted by Gasteiger charge is 2.22. The molecule has 0 aromatic carbocycles. The Morgan fingerprint density at radius 1 is 0.975 bits per heavy atom. The van der Waals surface area contributed by atoms with Gasteiger partial charge >= 0.3 is 0 Å². The zero-order valence-corrected chi connectivity index (χ0v) is 23.3. The highest BCUT2D eigenvalue weighted by Crippen LogP contribution is 2.30. The second-order valence-electron chi connectivity index (χ2n) is 10.1. The van der Waals surface area contributed by atoms with Crippen molar-refractivity contribution in [1.29, 1.82) is 5.41 Å². The van der Waals surface area contributed by atoms with Gasteiger partial charge in [0.05, 0.1) is 28.1 Å². The highest BCUT2D eigenvalue weighted by molar-refractivity contribution is 6.52. The van der Waals surface area contributed by atoms with Crippen LogP contribution >= 0.6 is 0 Å². The fourth-order valence-electron chi connectivity index (χ4n) is 4.34. The van der Waals surface area contributed by atoms with E-state index in [0.717, 1.165) is 48.3 Å².